The van der Waals surface area contributed by atoms with Crippen LogP contribution in [0.15, 0.2) is 30.6 Å². The average Bonchev–Trinajstić information content (AvgIpc) is 3.12. The normalized spacial score (nSPS) is 17.1. The maximum Gasteiger partial charge on any atom is 0.255 e. The lowest BCUT2D eigenvalue weighted by Crippen LogP contribution is -2.32. The van der Waals surface area contributed by atoms with E-state index < -0.39 is 5.82 Å². The molecule has 4 heterocycles. The molecular formula is C23H22ClFN4O4. The van der Waals surface area contributed by atoms with Crippen LogP contribution >= 0.6 is 11.6 Å². The van der Waals surface area contributed by atoms with Crippen molar-refractivity contribution >= 4 is 28.9 Å². The Morgan fingerprint density at radius 2 is 2.24 bits per heavy atom. The largest absolute Gasteiger partial charge is 0.493 e. The number of methoxy groups -OCH3 is 1. The first kappa shape index (κ1) is 21.5. The number of aromatic nitrogens is 2. The van der Waals surface area contributed by atoms with Crippen LogP contribution in [0, 0.1) is 5.82 Å². The van der Waals surface area contributed by atoms with Crippen molar-refractivity contribution < 1.29 is 23.4 Å². The number of fused-ring (bicyclic) bond motifs is 1. The summed E-state index contributed by atoms with van der Waals surface area (Å²) < 4.78 is 31.0. The zero-order chi connectivity index (χ0) is 22.9. The fraction of sp³-hybridized carbons (Fsp3) is 0.304. The molecule has 5 rings (SSSR count). The highest BCUT2D eigenvalue weighted by molar-refractivity contribution is 6.32. The summed E-state index contributed by atoms with van der Waals surface area (Å²) in [7, 11) is 1.45. The molecule has 1 atom stereocenters. The number of rotatable bonds is 7. The van der Waals surface area contributed by atoms with Crippen LogP contribution in [0.2, 0.25) is 5.02 Å². The molecule has 0 unspecified atom stereocenters. The van der Waals surface area contributed by atoms with Crippen molar-refractivity contribution in [2.45, 2.75) is 18.9 Å². The van der Waals surface area contributed by atoms with E-state index >= 15 is 0 Å². The number of H-pyrrole nitrogens is 1. The van der Waals surface area contributed by atoms with E-state index in [-0.39, 0.29) is 22.8 Å². The Bertz CT molecular complexity index is 1210. The lowest BCUT2D eigenvalue weighted by atomic mass is 10.0. The number of hydrogen-bond donors (Lipinski definition) is 3. The molecule has 8 nitrogen and oxygen atoms in total. The number of aromatic amines is 1. The van der Waals surface area contributed by atoms with Crippen molar-refractivity contribution in [3.05, 3.63) is 52.7 Å². The molecule has 172 valence electrons. The van der Waals surface area contributed by atoms with Gasteiger partial charge in [-0.2, -0.15) is 0 Å². The third-order valence-electron chi connectivity index (χ3n) is 5.71. The van der Waals surface area contributed by atoms with E-state index in [1.54, 1.807) is 18.5 Å². The zero-order valence-electron chi connectivity index (χ0n) is 17.8. The topological polar surface area (TPSA) is 97.5 Å². The molecule has 2 aliphatic heterocycles. The Labute approximate surface area is 194 Å². The fourth-order valence-electron chi connectivity index (χ4n) is 4.00. The summed E-state index contributed by atoms with van der Waals surface area (Å²) >= 11 is 6.19. The smallest absolute Gasteiger partial charge is 0.255 e. The summed E-state index contributed by atoms with van der Waals surface area (Å²) in [4.78, 5) is 20.4. The second-order valence-electron chi connectivity index (χ2n) is 7.79. The predicted molar refractivity (Wildman–Crippen MR) is 121 cm³/mol. The maximum atomic E-state index is 14.2. The number of hydrogen-bond acceptors (Lipinski definition) is 6. The molecule has 0 radical (unpaired) electrons. The molecule has 1 amide bonds. The van der Waals surface area contributed by atoms with Crippen LogP contribution in [0.4, 0.5) is 15.8 Å². The summed E-state index contributed by atoms with van der Waals surface area (Å²) in [6, 6.07) is 4.24. The average molecular weight is 473 g/mol. The van der Waals surface area contributed by atoms with Gasteiger partial charge in [-0.3, -0.25) is 9.78 Å². The molecule has 0 aliphatic carbocycles. The number of halogens is 2. The number of carbonyl (C=O) groups is 1. The van der Waals surface area contributed by atoms with Gasteiger partial charge in [-0.25, -0.2) is 4.39 Å². The number of nitrogens with zero attached hydrogens (tertiary/aromatic N) is 1. The number of nitrogens with one attached hydrogen (secondary N) is 3. The molecule has 3 N–H and O–H groups in total. The highest BCUT2D eigenvalue weighted by atomic mass is 35.5. The van der Waals surface area contributed by atoms with Gasteiger partial charge in [-0.05, 0) is 12.1 Å². The Balaban J connectivity index is 1.61. The molecule has 1 saturated heterocycles. The Hall–Kier alpha value is -3.30. The Kier molecular flexibility index (Phi) is 5.82. The molecular weight excluding hydrogens is 451 g/mol. The second-order valence-corrected chi connectivity index (χ2v) is 8.20. The van der Waals surface area contributed by atoms with Gasteiger partial charge in [0.25, 0.3) is 5.91 Å². The van der Waals surface area contributed by atoms with E-state index in [4.69, 9.17) is 25.8 Å². The van der Waals surface area contributed by atoms with Crippen LogP contribution in [0.1, 0.15) is 22.5 Å². The van der Waals surface area contributed by atoms with Crippen molar-refractivity contribution in [2.75, 3.05) is 32.2 Å². The second kappa shape index (κ2) is 8.92. The molecule has 0 saturated carbocycles. The van der Waals surface area contributed by atoms with Crippen molar-refractivity contribution in [2.24, 2.45) is 0 Å². The van der Waals surface area contributed by atoms with Crippen molar-refractivity contribution in [3.63, 3.8) is 0 Å². The number of amides is 1. The van der Waals surface area contributed by atoms with E-state index in [1.807, 2.05) is 0 Å². The van der Waals surface area contributed by atoms with Gasteiger partial charge in [-0.1, -0.05) is 11.6 Å². The van der Waals surface area contributed by atoms with Gasteiger partial charge in [0.2, 0.25) is 0 Å². The molecule has 2 aromatic heterocycles. The fourth-order valence-corrected chi connectivity index (χ4v) is 4.29. The highest BCUT2D eigenvalue weighted by Gasteiger charge is 2.29. The molecule has 1 fully saturated rings. The number of pyridine rings is 1. The first-order chi connectivity index (χ1) is 16.0. The van der Waals surface area contributed by atoms with Crippen LogP contribution in [0.3, 0.4) is 0 Å². The minimum atomic E-state index is -0.535. The van der Waals surface area contributed by atoms with Crippen LogP contribution in [-0.4, -0.2) is 48.8 Å². The SMILES string of the molecule is COc1c(Cl)cc(F)cc1Nc1c(-c2ccncc2OC[C@@H]2CCO2)[nH]c2c1C(=O)NCC2. The van der Waals surface area contributed by atoms with Gasteiger partial charge in [0.1, 0.15) is 18.2 Å². The standard InChI is InChI=1S/C23H22ClFN4O4/c1-31-22-15(24)8-12(25)9-17(22)29-21-19-16(3-6-27-23(19)30)28-20(21)14-2-5-26-10-18(14)33-11-13-4-7-32-13/h2,5,8-10,13,28-29H,3-4,6-7,11H2,1H3,(H,27,30)/t13-/m0/s1. The Morgan fingerprint density at radius 1 is 1.39 bits per heavy atom. The Morgan fingerprint density at radius 3 is 3.00 bits per heavy atom. The third-order valence-corrected chi connectivity index (χ3v) is 5.99. The van der Waals surface area contributed by atoms with Crippen LogP contribution < -0.4 is 20.1 Å². The van der Waals surface area contributed by atoms with Gasteiger partial charge in [0.15, 0.2) is 5.75 Å². The van der Waals surface area contributed by atoms with Crippen molar-refractivity contribution in [1.82, 2.24) is 15.3 Å². The van der Waals surface area contributed by atoms with Crippen molar-refractivity contribution in [1.29, 1.82) is 0 Å². The summed E-state index contributed by atoms with van der Waals surface area (Å²) in [5.41, 5.74) is 3.30. The van der Waals surface area contributed by atoms with E-state index in [0.29, 0.717) is 53.5 Å². The zero-order valence-corrected chi connectivity index (χ0v) is 18.6. The summed E-state index contributed by atoms with van der Waals surface area (Å²) in [5.74, 6) is 0.0389. The minimum absolute atomic E-state index is 0.0528. The summed E-state index contributed by atoms with van der Waals surface area (Å²) in [6.07, 6.45) is 4.88. The summed E-state index contributed by atoms with van der Waals surface area (Å²) in [5, 5.41) is 6.16. The van der Waals surface area contributed by atoms with Crippen LogP contribution in [-0.2, 0) is 11.2 Å². The lowest BCUT2D eigenvalue weighted by Gasteiger charge is -2.26. The lowest BCUT2D eigenvalue weighted by molar-refractivity contribution is -0.0720. The number of ether oxygens (including phenoxy) is 3. The number of carbonyl (C=O) groups excluding carboxylic acids is 1. The van der Waals surface area contributed by atoms with Crippen LogP contribution in [0.25, 0.3) is 11.3 Å². The number of benzene rings is 1. The van der Waals surface area contributed by atoms with E-state index in [0.717, 1.165) is 18.7 Å². The molecule has 0 bridgehead atoms. The van der Waals surface area contributed by atoms with Gasteiger partial charge < -0.3 is 29.8 Å². The third kappa shape index (κ3) is 4.09. The highest BCUT2D eigenvalue weighted by Crippen LogP contribution is 2.43. The first-order valence-corrected chi connectivity index (χ1v) is 10.9. The van der Waals surface area contributed by atoms with Crippen molar-refractivity contribution in [3.8, 4) is 22.8 Å². The molecule has 3 aromatic rings. The predicted octanol–water partition coefficient (Wildman–Crippen LogP) is 4.08. The monoisotopic (exact) mass is 472 g/mol. The van der Waals surface area contributed by atoms with E-state index in [1.165, 1.54) is 19.2 Å². The summed E-state index contributed by atoms with van der Waals surface area (Å²) in [6.45, 7) is 1.65. The quantitative estimate of drug-likeness (QED) is 0.479. The molecule has 33 heavy (non-hydrogen) atoms. The maximum absolute atomic E-state index is 14.2. The van der Waals surface area contributed by atoms with E-state index in [9.17, 15) is 9.18 Å². The molecule has 1 aromatic carbocycles. The molecule has 10 heteroatoms. The first-order valence-electron chi connectivity index (χ1n) is 10.6. The van der Waals surface area contributed by atoms with Gasteiger partial charge in [0, 0.05) is 49.5 Å². The molecule has 0 spiro atoms. The minimum Gasteiger partial charge on any atom is -0.493 e. The molecule has 2 aliphatic rings. The van der Waals surface area contributed by atoms with E-state index in [2.05, 4.69) is 20.6 Å². The van der Waals surface area contributed by atoms with Gasteiger partial charge in [0.05, 0.1) is 47.1 Å². The van der Waals surface area contributed by atoms with Gasteiger partial charge in [-0.15, -0.1) is 0 Å². The number of anilines is 2. The van der Waals surface area contributed by atoms with Gasteiger partial charge >= 0.3 is 0 Å². The van der Waals surface area contributed by atoms with Crippen LogP contribution in [0.5, 0.6) is 11.5 Å².